The van der Waals surface area contributed by atoms with Crippen LogP contribution in [0.5, 0.6) is 0 Å². The Hall–Kier alpha value is -1.13. The standard InChI is InChI=1S/CH2N5/c2-1-3-5-6-4-1/h2H,(H,3,4,5,6). The maximum absolute atomic E-state index is 6.56. The predicted molar refractivity (Wildman–Crippen MR) is 16.9 cm³/mol. The van der Waals surface area contributed by atoms with Crippen molar-refractivity contribution in [3.8, 4) is 0 Å². The summed E-state index contributed by atoms with van der Waals surface area (Å²) in [6, 6.07) is 0. The van der Waals surface area contributed by atoms with Crippen molar-refractivity contribution in [1.82, 2.24) is 26.4 Å². The Morgan fingerprint density at radius 3 is 2.67 bits per heavy atom. The normalized spacial score (nSPS) is 8.67. The van der Waals surface area contributed by atoms with Crippen LogP contribution in [0.3, 0.4) is 0 Å². The second-order valence-corrected chi connectivity index (χ2v) is 0.735. The van der Waals surface area contributed by atoms with Crippen molar-refractivity contribution in [2.75, 3.05) is 0 Å². The van der Waals surface area contributed by atoms with Crippen molar-refractivity contribution in [1.29, 1.82) is 0 Å². The van der Waals surface area contributed by atoms with E-state index in [-0.39, 0.29) is 5.95 Å². The van der Waals surface area contributed by atoms with Crippen molar-refractivity contribution in [3.63, 3.8) is 0 Å². The molecule has 1 aromatic heterocycles. The van der Waals surface area contributed by atoms with Gasteiger partial charge < -0.3 is 0 Å². The van der Waals surface area contributed by atoms with Crippen molar-refractivity contribution in [2.24, 2.45) is 0 Å². The average Bonchev–Trinajstić information content (AvgIpc) is 1.86. The Bertz CT molecular complexity index is 107. The molecule has 0 fully saturated rings. The van der Waals surface area contributed by atoms with Gasteiger partial charge in [0.2, 0.25) is 0 Å². The van der Waals surface area contributed by atoms with Crippen LogP contribution in [0, 0.1) is 0 Å². The summed E-state index contributed by atoms with van der Waals surface area (Å²) < 4.78 is 0. The minimum atomic E-state index is -0.0741. The summed E-state index contributed by atoms with van der Waals surface area (Å²) in [4.78, 5) is 0. The fourth-order valence-electron chi connectivity index (χ4n) is 0.162. The quantitative estimate of drug-likeness (QED) is 0.443. The number of rotatable bonds is 0. The van der Waals surface area contributed by atoms with Crippen LogP contribution in [0.4, 0.5) is 5.95 Å². The average molecular weight is 84.1 g/mol. The van der Waals surface area contributed by atoms with Crippen LogP contribution in [0.2, 0.25) is 0 Å². The fourth-order valence-corrected chi connectivity index (χ4v) is 0.162. The Kier molecular flexibility index (Phi) is 0.474. The molecule has 0 aromatic carbocycles. The van der Waals surface area contributed by atoms with E-state index >= 15 is 0 Å². The molecule has 5 heteroatoms. The highest BCUT2D eigenvalue weighted by atomic mass is 15.5. The molecule has 31 valence electrons. The maximum Gasteiger partial charge on any atom is 0.281 e. The Morgan fingerprint density at radius 2 is 2.50 bits per heavy atom. The molecule has 0 bridgehead atoms. The minimum absolute atomic E-state index is 0.0741. The van der Waals surface area contributed by atoms with Crippen molar-refractivity contribution in [2.45, 2.75) is 0 Å². The second-order valence-electron chi connectivity index (χ2n) is 0.735. The molecular weight excluding hydrogens is 82.0 g/mol. The van der Waals surface area contributed by atoms with Gasteiger partial charge in [0.1, 0.15) is 0 Å². The summed E-state index contributed by atoms with van der Waals surface area (Å²) in [5.41, 5.74) is 6.56. The van der Waals surface area contributed by atoms with Crippen molar-refractivity contribution >= 4 is 5.95 Å². The monoisotopic (exact) mass is 84.0 g/mol. The molecule has 0 unspecified atom stereocenters. The molecule has 2 N–H and O–H groups in total. The van der Waals surface area contributed by atoms with Crippen LogP contribution < -0.4 is 5.73 Å². The zero-order chi connectivity index (χ0) is 4.41. The van der Waals surface area contributed by atoms with E-state index in [2.05, 4.69) is 20.6 Å². The molecule has 6 heavy (non-hydrogen) atoms. The number of H-pyrrole nitrogens is 1. The highest BCUT2D eigenvalue weighted by Crippen LogP contribution is 1.76. The largest absolute Gasteiger partial charge is 0.281 e. The lowest BCUT2D eigenvalue weighted by Gasteiger charge is -1.59. The van der Waals surface area contributed by atoms with E-state index in [0.717, 1.165) is 0 Å². The SMILES string of the molecule is [NH]c1nn[nH]n1. The summed E-state index contributed by atoms with van der Waals surface area (Å²) >= 11 is 0. The third-order valence-electron chi connectivity index (χ3n) is 0.345. The first-order chi connectivity index (χ1) is 2.89. The lowest BCUT2D eigenvalue weighted by Crippen LogP contribution is -1.67. The lowest BCUT2D eigenvalue weighted by atomic mass is 11.2. The van der Waals surface area contributed by atoms with Gasteiger partial charge in [0.15, 0.2) is 0 Å². The third kappa shape index (κ3) is 0.291. The molecule has 5 nitrogen and oxygen atoms in total. The molecule has 0 aliphatic rings. The summed E-state index contributed by atoms with van der Waals surface area (Å²) in [5, 5.41) is 11.7. The molecule has 1 heterocycles. The van der Waals surface area contributed by atoms with Crippen molar-refractivity contribution < 1.29 is 0 Å². The Morgan fingerprint density at radius 1 is 1.67 bits per heavy atom. The fraction of sp³-hybridized carbons (Fsp3) is 0. The van der Waals surface area contributed by atoms with Crippen LogP contribution >= 0.6 is 0 Å². The number of tetrazole rings is 1. The Labute approximate surface area is 33.5 Å². The lowest BCUT2D eigenvalue weighted by molar-refractivity contribution is 0.881. The van der Waals surface area contributed by atoms with Gasteiger partial charge in [-0.05, 0) is 5.21 Å². The number of hydrogen-bond acceptors (Lipinski definition) is 3. The van der Waals surface area contributed by atoms with Gasteiger partial charge in [-0.15, -0.1) is 5.10 Å². The topological polar surface area (TPSA) is 78.3 Å². The molecule has 0 aliphatic carbocycles. The molecule has 0 amide bonds. The van der Waals surface area contributed by atoms with E-state index in [4.69, 9.17) is 5.73 Å². The molecule has 1 radical (unpaired) electrons. The second kappa shape index (κ2) is 0.925. The number of aromatic nitrogens is 4. The smallest absolute Gasteiger partial charge is 0.263 e. The predicted octanol–water partition coefficient (Wildman–Crippen LogP) is -0.886. The van der Waals surface area contributed by atoms with E-state index in [0.29, 0.717) is 0 Å². The molecule has 0 aliphatic heterocycles. The van der Waals surface area contributed by atoms with Crippen molar-refractivity contribution in [3.05, 3.63) is 0 Å². The number of nitrogens with one attached hydrogen (secondary N) is 2. The summed E-state index contributed by atoms with van der Waals surface area (Å²) in [6.45, 7) is 0. The van der Waals surface area contributed by atoms with Crippen LogP contribution in [0.1, 0.15) is 0 Å². The maximum atomic E-state index is 6.56. The van der Waals surface area contributed by atoms with Crippen LogP contribution in [-0.4, -0.2) is 20.6 Å². The van der Waals surface area contributed by atoms with Crippen LogP contribution in [-0.2, 0) is 0 Å². The van der Waals surface area contributed by atoms with E-state index in [1.54, 1.807) is 0 Å². The van der Waals surface area contributed by atoms with Gasteiger partial charge in [0, 0.05) is 0 Å². The molecule has 0 atom stereocenters. The number of hydrogen-bond donors (Lipinski definition) is 1. The van der Waals surface area contributed by atoms with Gasteiger partial charge in [-0.2, -0.15) is 5.21 Å². The highest BCUT2D eigenvalue weighted by Gasteiger charge is 1.80. The van der Waals surface area contributed by atoms with Crippen LogP contribution in [0.15, 0.2) is 0 Å². The zero-order valence-electron chi connectivity index (χ0n) is 2.84. The molecule has 0 saturated heterocycles. The summed E-state index contributed by atoms with van der Waals surface area (Å²) in [5.74, 6) is -0.0741. The Balaban J connectivity index is 3.05. The first kappa shape index (κ1) is 3.08. The third-order valence-corrected chi connectivity index (χ3v) is 0.345. The minimum Gasteiger partial charge on any atom is -0.263 e. The van der Waals surface area contributed by atoms with E-state index in [1.807, 2.05) is 0 Å². The molecule has 0 saturated carbocycles. The molecule has 0 spiro atoms. The van der Waals surface area contributed by atoms with Gasteiger partial charge in [0.05, 0.1) is 0 Å². The van der Waals surface area contributed by atoms with E-state index in [9.17, 15) is 0 Å². The van der Waals surface area contributed by atoms with Crippen LogP contribution in [0.25, 0.3) is 0 Å². The summed E-state index contributed by atoms with van der Waals surface area (Å²) in [7, 11) is 0. The zero-order valence-corrected chi connectivity index (χ0v) is 2.84. The molecule has 1 rings (SSSR count). The van der Waals surface area contributed by atoms with Gasteiger partial charge in [-0.3, -0.25) is 5.73 Å². The first-order valence-electron chi connectivity index (χ1n) is 1.34. The highest BCUT2D eigenvalue weighted by molar-refractivity contribution is 4.97. The first-order valence-corrected chi connectivity index (χ1v) is 1.34. The van der Waals surface area contributed by atoms with Gasteiger partial charge in [0.25, 0.3) is 5.95 Å². The number of aromatic amines is 1. The molecule has 1 aromatic rings. The summed E-state index contributed by atoms with van der Waals surface area (Å²) in [6.07, 6.45) is 0. The van der Waals surface area contributed by atoms with Gasteiger partial charge in [-0.25, -0.2) is 0 Å². The van der Waals surface area contributed by atoms with E-state index in [1.165, 1.54) is 0 Å². The number of nitrogens with zero attached hydrogens (tertiary/aromatic N) is 3. The molecular formula is CH2N5. The van der Waals surface area contributed by atoms with Gasteiger partial charge >= 0.3 is 0 Å². The van der Waals surface area contributed by atoms with E-state index < -0.39 is 0 Å². The van der Waals surface area contributed by atoms with Gasteiger partial charge in [-0.1, -0.05) is 5.10 Å².